The van der Waals surface area contributed by atoms with Crippen molar-refractivity contribution < 1.29 is 15.0 Å². The third-order valence-corrected chi connectivity index (χ3v) is 1.28. The van der Waals surface area contributed by atoms with Crippen LogP contribution in [-0.2, 0) is 16.3 Å². The smallest absolute Gasteiger partial charge is 0.359 e. The molecule has 0 fully saturated rings. The second kappa shape index (κ2) is 3.05. The van der Waals surface area contributed by atoms with Crippen molar-refractivity contribution in [2.75, 3.05) is 0 Å². The van der Waals surface area contributed by atoms with Gasteiger partial charge in [-0.3, -0.25) is 0 Å². The van der Waals surface area contributed by atoms with E-state index in [2.05, 4.69) is 0 Å². The summed E-state index contributed by atoms with van der Waals surface area (Å²) in [5, 5.41) is 18.9. The largest absolute Gasteiger partial charge is 0.508 e. The fourth-order valence-electron chi connectivity index (χ4n) is 0.780. The van der Waals surface area contributed by atoms with Gasteiger partial charge in [0, 0.05) is 0 Å². The normalized spacial score (nSPS) is 9.45. The maximum Gasteiger partial charge on any atom is 0.359 e. The SMILES string of the molecule is [O]C(=O)Cc1ccc(O)cc1. The number of rotatable bonds is 2. The predicted octanol–water partition coefficient (Wildman–Crippen LogP) is 0.892. The minimum Gasteiger partial charge on any atom is -0.508 e. The molecule has 0 aliphatic rings. The van der Waals surface area contributed by atoms with Crippen LogP contribution in [0, 0.1) is 0 Å². The quantitative estimate of drug-likeness (QED) is 0.682. The number of carbonyl (C=O) groups excluding carboxylic acids is 1. The van der Waals surface area contributed by atoms with Gasteiger partial charge in [0.15, 0.2) is 0 Å². The molecule has 0 atom stereocenters. The van der Waals surface area contributed by atoms with Gasteiger partial charge >= 0.3 is 5.97 Å². The van der Waals surface area contributed by atoms with E-state index < -0.39 is 5.97 Å². The van der Waals surface area contributed by atoms with Crippen LogP contribution in [0.25, 0.3) is 0 Å². The zero-order chi connectivity index (χ0) is 8.27. The zero-order valence-electron chi connectivity index (χ0n) is 5.78. The zero-order valence-corrected chi connectivity index (χ0v) is 5.78. The molecule has 0 aliphatic heterocycles. The summed E-state index contributed by atoms with van der Waals surface area (Å²) in [6.07, 6.45) is -0.111. The van der Waals surface area contributed by atoms with E-state index in [4.69, 9.17) is 5.11 Å². The van der Waals surface area contributed by atoms with E-state index in [0.717, 1.165) is 0 Å². The molecule has 0 saturated heterocycles. The van der Waals surface area contributed by atoms with Gasteiger partial charge in [0.1, 0.15) is 5.75 Å². The van der Waals surface area contributed by atoms with Crippen LogP contribution >= 0.6 is 0 Å². The third kappa shape index (κ3) is 2.29. The van der Waals surface area contributed by atoms with Gasteiger partial charge in [-0.2, -0.15) is 0 Å². The molecule has 0 saturated carbocycles. The first-order chi connectivity index (χ1) is 5.18. The lowest BCUT2D eigenvalue weighted by Crippen LogP contribution is -1.97. The van der Waals surface area contributed by atoms with Crippen molar-refractivity contribution in [3.8, 4) is 5.75 Å². The van der Waals surface area contributed by atoms with E-state index >= 15 is 0 Å². The average Bonchev–Trinajstić information content (AvgIpc) is 1.93. The Kier molecular flexibility index (Phi) is 2.11. The minimum atomic E-state index is -1.12. The van der Waals surface area contributed by atoms with E-state index in [0.29, 0.717) is 5.56 Å². The molecular formula is C8H7O3. The topological polar surface area (TPSA) is 57.2 Å². The Balaban J connectivity index is 2.74. The van der Waals surface area contributed by atoms with Crippen molar-refractivity contribution in [1.29, 1.82) is 0 Å². The molecule has 0 heterocycles. The molecule has 0 aromatic heterocycles. The highest BCUT2D eigenvalue weighted by Crippen LogP contribution is 2.09. The molecule has 1 aromatic carbocycles. The molecule has 1 radical (unpaired) electrons. The molecule has 0 bridgehead atoms. The third-order valence-electron chi connectivity index (χ3n) is 1.28. The maximum absolute atomic E-state index is 10.1. The Morgan fingerprint density at radius 1 is 1.27 bits per heavy atom. The van der Waals surface area contributed by atoms with Crippen molar-refractivity contribution in [3.05, 3.63) is 29.8 Å². The molecule has 57 valence electrons. The van der Waals surface area contributed by atoms with Gasteiger partial charge in [0.05, 0.1) is 6.42 Å². The van der Waals surface area contributed by atoms with Gasteiger partial charge in [-0.05, 0) is 17.7 Å². The average molecular weight is 151 g/mol. The number of carbonyl (C=O) groups is 1. The number of aromatic hydroxyl groups is 1. The summed E-state index contributed by atoms with van der Waals surface area (Å²) < 4.78 is 0. The molecule has 0 aliphatic carbocycles. The number of hydrogen-bond acceptors (Lipinski definition) is 2. The van der Waals surface area contributed by atoms with E-state index in [-0.39, 0.29) is 12.2 Å². The van der Waals surface area contributed by atoms with Gasteiger partial charge < -0.3 is 5.11 Å². The Morgan fingerprint density at radius 2 is 1.82 bits per heavy atom. The van der Waals surface area contributed by atoms with E-state index in [1.54, 1.807) is 12.1 Å². The van der Waals surface area contributed by atoms with Crippen LogP contribution in [0.3, 0.4) is 0 Å². The highest BCUT2D eigenvalue weighted by atomic mass is 16.4. The molecule has 1 rings (SSSR count). The summed E-state index contributed by atoms with van der Waals surface area (Å²) in [6, 6.07) is 5.98. The molecule has 0 amide bonds. The summed E-state index contributed by atoms with van der Waals surface area (Å²) in [4.78, 5) is 10.1. The Bertz CT molecular complexity index is 251. The number of benzene rings is 1. The molecule has 11 heavy (non-hydrogen) atoms. The second-order valence-corrected chi connectivity index (χ2v) is 2.22. The second-order valence-electron chi connectivity index (χ2n) is 2.22. The van der Waals surface area contributed by atoms with Crippen LogP contribution in [-0.4, -0.2) is 11.1 Å². The fraction of sp³-hybridized carbons (Fsp3) is 0.125. The van der Waals surface area contributed by atoms with Crippen molar-refractivity contribution in [2.24, 2.45) is 0 Å². The highest BCUT2D eigenvalue weighted by Gasteiger charge is 2.00. The first-order valence-corrected chi connectivity index (χ1v) is 3.16. The monoisotopic (exact) mass is 151 g/mol. The van der Waals surface area contributed by atoms with Gasteiger partial charge in [-0.25, -0.2) is 9.90 Å². The van der Waals surface area contributed by atoms with Gasteiger partial charge in [-0.1, -0.05) is 12.1 Å². The lowest BCUT2D eigenvalue weighted by Gasteiger charge is -1.94. The van der Waals surface area contributed by atoms with Gasteiger partial charge in [0.2, 0.25) is 0 Å². The lowest BCUT2D eigenvalue weighted by atomic mass is 10.1. The van der Waals surface area contributed by atoms with Crippen molar-refractivity contribution >= 4 is 5.97 Å². The standard InChI is InChI=1S/C8H7O3/c9-7-3-1-6(2-4-7)5-8(10)11/h1-4,9H,5H2. The molecule has 3 heteroatoms. The Labute approximate surface area is 63.9 Å². The van der Waals surface area contributed by atoms with Crippen LogP contribution in [0.4, 0.5) is 0 Å². The molecule has 3 nitrogen and oxygen atoms in total. The van der Waals surface area contributed by atoms with Crippen LogP contribution in [0.15, 0.2) is 24.3 Å². The fourth-order valence-corrected chi connectivity index (χ4v) is 0.780. The lowest BCUT2D eigenvalue weighted by molar-refractivity contribution is -0.142. The van der Waals surface area contributed by atoms with Crippen molar-refractivity contribution in [1.82, 2.24) is 0 Å². The highest BCUT2D eigenvalue weighted by molar-refractivity contribution is 5.69. The first-order valence-electron chi connectivity index (χ1n) is 3.16. The van der Waals surface area contributed by atoms with E-state index in [1.807, 2.05) is 0 Å². The molecular weight excluding hydrogens is 144 g/mol. The minimum absolute atomic E-state index is 0.111. The van der Waals surface area contributed by atoms with E-state index in [9.17, 15) is 9.90 Å². The van der Waals surface area contributed by atoms with Crippen molar-refractivity contribution in [3.63, 3.8) is 0 Å². The summed E-state index contributed by atoms with van der Waals surface area (Å²) in [5.41, 5.74) is 0.628. The number of phenolic OH excluding ortho intramolecular Hbond substituents is 1. The molecule has 0 unspecified atom stereocenters. The number of phenols is 1. The van der Waals surface area contributed by atoms with E-state index in [1.165, 1.54) is 12.1 Å². The maximum atomic E-state index is 10.1. The summed E-state index contributed by atoms with van der Waals surface area (Å²) in [6.45, 7) is 0. The summed E-state index contributed by atoms with van der Waals surface area (Å²) in [5.74, 6) is -0.984. The van der Waals surface area contributed by atoms with Crippen LogP contribution in [0.1, 0.15) is 5.56 Å². The Morgan fingerprint density at radius 3 is 2.27 bits per heavy atom. The predicted molar refractivity (Wildman–Crippen MR) is 37.5 cm³/mol. The summed E-state index contributed by atoms with van der Waals surface area (Å²) >= 11 is 0. The summed E-state index contributed by atoms with van der Waals surface area (Å²) in [7, 11) is 0. The van der Waals surface area contributed by atoms with Crippen LogP contribution in [0.2, 0.25) is 0 Å². The van der Waals surface area contributed by atoms with Crippen molar-refractivity contribution in [2.45, 2.75) is 6.42 Å². The molecule has 1 aromatic rings. The molecule has 1 N–H and O–H groups in total. The molecule has 0 spiro atoms. The Hall–Kier alpha value is -1.51. The number of hydrogen-bond donors (Lipinski definition) is 1. The first kappa shape index (κ1) is 7.60. The van der Waals surface area contributed by atoms with Gasteiger partial charge in [-0.15, -0.1) is 0 Å². The van der Waals surface area contributed by atoms with Gasteiger partial charge in [0.25, 0.3) is 0 Å². The van der Waals surface area contributed by atoms with Crippen LogP contribution in [0.5, 0.6) is 5.75 Å². The van der Waals surface area contributed by atoms with Crippen LogP contribution < -0.4 is 0 Å².